The van der Waals surface area contributed by atoms with E-state index in [1.54, 1.807) is 7.11 Å². The summed E-state index contributed by atoms with van der Waals surface area (Å²) < 4.78 is 11.9. The maximum absolute atomic E-state index is 12.8. The highest BCUT2D eigenvalue weighted by atomic mass is 16.5. The maximum atomic E-state index is 12.8. The third-order valence-electron chi connectivity index (χ3n) is 8.36. The van der Waals surface area contributed by atoms with Crippen LogP contribution in [-0.4, -0.2) is 61.9 Å². The molecule has 0 radical (unpaired) electrons. The van der Waals surface area contributed by atoms with Crippen LogP contribution >= 0.6 is 0 Å². The number of rotatable bonds is 6. The molecule has 1 spiro atoms. The molecule has 5 rings (SSSR count). The van der Waals surface area contributed by atoms with Crippen LogP contribution in [0.4, 0.5) is 0 Å². The number of hydrogen-bond donors (Lipinski definition) is 1. The van der Waals surface area contributed by atoms with Gasteiger partial charge in [-0.25, -0.2) is 0 Å². The van der Waals surface area contributed by atoms with Crippen LogP contribution in [0.15, 0.2) is 0 Å². The van der Waals surface area contributed by atoms with Gasteiger partial charge in [-0.3, -0.25) is 9.69 Å². The summed E-state index contributed by atoms with van der Waals surface area (Å²) in [5.41, 5.74) is -0.153. The molecule has 3 aliphatic heterocycles. The molecule has 0 aromatic carbocycles. The second kappa shape index (κ2) is 6.46. The Kier molecular flexibility index (Phi) is 4.33. The highest BCUT2D eigenvalue weighted by Gasteiger charge is 2.63. The minimum atomic E-state index is -0.253. The minimum Gasteiger partial charge on any atom is -0.384 e. The fraction of sp³-hybridized carbons (Fsp3) is 0.952. The van der Waals surface area contributed by atoms with Crippen LogP contribution in [0.1, 0.15) is 57.8 Å². The number of hydrogen-bond acceptors (Lipinski definition) is 4. The lowest BCUT2D eigenvalue weighted by atomic mass is 9.68. The van der Waals surface area contributed by atoms with E-state index in [-0.39, 0.29) is 16.9 Å². The number of amides is 1. The molecule has 5 nitrogen and oxygen atoms in total. The zero-order valence-electron chi connectivity index (χ0n) is 16.2. The molecule has 0 aromatic rings. The van der Waals surface area contributed by atoms with E-state index in [1.807, 2.05) is 0 Å². The van der Waals surface area contributed by atoms with Crippen molar-refractivity contribution in [3.63, 3.8) is 0 Å². The Morgan fingerprint density at radius 3 is 2.69 bits per heavy atom. The molecule has 2 bridgehead atoms. The molecule has 2 saturated carbocycles. The van der Waals surface area contributed by atoms with E-state index in [2.05, 4.69) is 10.2 Å². The second-order valence-electron chi connectivity index (χ2n) is 9.67. The summed E-state index contributed by atoms with van der Waals surface area (Å²) in [5, 5.41) is 3.31. The Morgan fingerprint density at radius 1 is 1.19 bits per heavy atom. The van der Waals surface area contributed by atoms with Gasteiger partial charge in [0.25, 0.3) is 0 Å². The number of carbonyl (C=O) groups is 1. The normalized spacial score (nSPS) is 41.3. The van der Waals surface area contributed by atoms with Crippen molar-refractivity contribution in [3.05, 3.63) is 0 Å². The van der Waals surface area contributed by atoms with Crippen molar-refractivity contribution in [2.24, 2.45) is 17.3 Å². The van der Waals surface area contributed by atoms with Crippen LogP contribution < -0.4 is 5.32 Å². The third-order valence-corrected chi connectivity index (χ3v) is 8.36. The molecule has 5 heteroatoms. The van der Waals surface area contributed by atoms with Gasteiger partial charge in [-0.2, -0.15) is 0 Å². The first-order valence-electron chi connectivity index (χ1n) is 10.8. The first kappa shape index (κ1) is 17.4. The maximum Gasteiger partial charge on any atom is 0.228 e. The van der Waals surface area contributed by atoms with Crippen molar-refractivity contribution >= 4 is 5.91 Å². The molecule has 3 heterocycles. The van der Waals surface area contributed by atoms with Gasteiger partial charge in [0.2, 0.25) is 5.91 Å². The van der Waals surface area contributed by atoms with Crippen molar-refractivity contribution in [1.29, 1.82) is 0 Å². The smallest absolute Gasteiger partial charge is 0.228 e. The van der Waals surface area contributed by atoms with Crippen LogP contribution in [0.3, 0.4) is 0 Å². The van der Waals surface area contributed by atoms with E-state index >= 15 is 0 Å². The Bertz CT molecular complexity index is 557. The lowest BCUT2D eigenvalue weighted by Gasteiger charge is -2.40. The van der Waals surface area contributed by atoms with E-state index in [4.69, 9.17) is 9.47 Å². The highest BCUT2D eigenvalue weighted by Crippen LogP contribution is 2.55. The second-order valence-corrected chi connectivity index (χ2v) is 9.67. The first-order valence-corrected chi connectivity index (χ1v) is 10.8. The van der Waals surface area contributed by atoms with Crippen molar-refractivity contribution in [2.45, 2.75) is 75.5 Å². The number of nitrogens with zero attached hydrogens (tertiary/aromatic N) is 1. The Morgan fingerprint density at radius 2 is 2.00 bits per heavy atom. The molecule has 146 valence electrons. The van der Waals surface area contributed by atoms with Gasteiger partial charge in [0, 0.05) is 44.6 Å². The number of ether oxygens (including phenoxy) is 2. The molecular weight excluding hydrogens is 328 g/mol. The molecule has 3 saturated heterocycles. The molecule has 5 fully saturated rings. The van der Waals surface area contributed by atoms with Crippen molar-refractivity contribution < 1.29 is 14.3 Å². The predicted molar refractivity (Wildman–Crippen MR) is 98.8 cm³/mol. The predicted octanol–water partition coefficient (Wildman–Crippen LogP) is 2.34. The number of methoxy groups -OCH3 is 1. The molecule has 4 atom stereocenters. The zero-order chi connectivity index (χ0) is 17.8. The summed E-state index contributed by atoms with van der Waals surface area (Å²) in [6.07, 6.45) is 11.4. The van der Waals surface area contributed by atoms with Gasteiger partial charge in [0.05, 0.1) is 23.7 Å². The molecular formula is C21H34N2O3. The van der Waals surface area contributed by atoms with Crippen molar-refractivity contribution in [2.75, 3.05) is 33.4 Å². The summed E-state index contributed by atoms with van der Waals surface area (Å²) in [6, 6.07) is 0.785. The van der Waals surface area contributed by atoms with E-state index in [0.29, 0.717) is 24.5 Å². The van der Waals surface area contributed by atoms with Crippen molar-refractivity contribution in [1.82, 2.24) is 10.2 Å². The van der Waals surface area contributed by atoms with Crippen LogP contribution in [0.25, 0.3) is 0 Å². The van der Waals surface area contributed by atoms with E-state index < -0.39 is 0 Å². The Hall–Kier alpha value is -0.650. The largest absolute Gasteiger partial charge is 0.384 e. The third kappa shape index (κ3) is 2.57. The standard InChI is InChI=1S/C21H34N2O3/c1-25-14-20(8-4-9-20)19(24)22-11-16-17-12-23(15-5-2-3-6-15)13-21(17)10-7-18(16)26-21/h15-18H,2-14H2,1H3,(H,22,24)/t16-,17+,18+,21+/m0/s1. The number of carbonyl (C=O) groups excluding carboxylic acids is 1. The quantitative estimate of drug-likeness (QED) is 0.788. The van der Waals surface area contributed by atoms with Gasteiger partial charge in [-0.1, -0.05) is 19.3 Å². The van der Waals surface area contributed by atoms with Gasteiger partial charge in [0.15, 0.2) is 0 Å². The minimum absolute atomic E-state index is 0.101. The lowest BCUT2D eigenvalue weighted by molar-refractivity contribution is -0.140. The Labute approximate surface area is 157 Å². The number of fused-ring (bicyclic) bond motifs is 1. The molecule has 1 amide bonds. The molecule has 5 aliphatic rings. The lowest BCUT2D eigenvalue weighted by Crippen LogP contribution is -2.51. The zero-order valence-corrected chi connectivity index (χ0v) is 16.2. The average molecular weight is 363 g/mol. The monoisotopic (exact) mass is 362 g/mol. The van der Waals surface area contributed by atoms with Crippen LogP contribution in [0, 0.1) is 17.3 Å². The summed E-state index contributed by atoms with van der Waals surface area (Å²) >= 11 is 0. The van der Waals surface area contributed by atoms with E-state index in [1.165, 1.54) is 45.1 Å². The van der Waals surface area contributed by atoms with Crippen LogP contribution in [-0.2, 0) is 14.3 Å². The van der Waals surface area contributed by atoms with Gasteiger partial charge >= 0.3 is 0 Å². The molecule has 0 aromatic heterocycles. The number of nitrogens with one attached hydrogen (secondary N) is 1. The van der Waals surface area contributed by atoms with Crippen LogP contribution in [0.5, 0.6) is 0 Å². The molecule has 0 unspecified atom stereocenters. The van der Waals surface area contributed by atoms with Gasteiger partial charge in [0.1, 0.15) is 0 Å². The molecule has 26 heavy (non-hydrogen) atoms. The Balaban J connectivity index is 1.23. The van der Waals surface area contributed by atoms with Crippen LogP contribution in [0.2, 0.25) is 0 Å². The van der Waals surface area contributed by atoms with Gasteiger partial charge < -0.3 is 14.8 Å². The topological polar surface area (TPSA) is 50.8 Å². The highest BCUT2D eigenvalue weighted by molar-refractivity contribution is 5.83. The summed E-state index contributed by atoms with van der Waals surface area (Å²) in [4.78, 5) is 15.6. The summed E-state index contributed by atoms with van der Waals surface area (Å²) in [7, 11) is 1.71. The van der Waals surface area contributed by atoms with Crippen molar-refractivity contribution in [3.8, 4) is 0 Å². The molecule has 2 aliphatic carbocycles. The first-order chi connectivity index (χ1) is 12.7. The average Bonchev–Trinajstić information content (AvgIpc) is 3.35. The fourth-order valence-electron chi connectivity index (χ4n) is 6.76. The number of likely N-dealkylation sites (tertiary alicyclic amines) is 1. The fourth-order valence-corrected chi connectivity index (χ4v) is 6.76. The summed E-state index contributed by atoms with van der Waals surface area (Å²) in [6.45, 7) is 3.67. The van der Waals surface area contributed by atoms with E-state index in [0.717, 1.165) is 38.4 Å². The van der Waals surface area contributed by atoms with E-state index in [9.17, 15) is 4.79 Å². The SMILES string of the molecule is COCC1(C(=O)NC[C@H]2[C@H]3CN(C4CCCC4)C[C@]34CC[C@H]2O4)CCC1. The van der Waals surface area contributed by atoms with Gasteiger partial charge in [-0.15, -0.1) is 0 Å². The summed E-state index contributed by atoms with van der Waals surface area (Å²) in [5.74, 6) is 1.33. The molecule has 1 N–H and O–H groups in total. The van der Waals surface area contributed by atoms with Gasteiger partial charge in [-0.05, 0) is 38.5 Å².